The first kappa shape index (κ1) is 17.5. The molecule has 1 amide bonds. The zero-order chi connectivity index (χ0) is 18.4. The van der Waals surface area contributed by atoms with Gasteiger partial charge < -0.3 is 9.94 Å². The Hall–Kier alpha value is -3.33. The Morgan fingerprint density at radius 1 is 1.19 bits per heavy atom. The van der Waals surface area contributed by atoms with Gasteiger partial charge in [0.05, 0.1) is 23.1 Å². The van der Waals surface area contributed by atoms with E-state index in [4.69, 9.17) is 9.94 Å². The molecular weight excluding hydrogens is 354 g/mol. The van der Waals surface area contributed by atoms with Crippen molar-refractivity contribution in [1.82, 2.24) is 13.7 Å². The molecule has 9 heteroatoms. The van der Waals surface area contributed by atoms with Gasteiger partial charge in [-0.3, -0.25) is 5.32 Å². The minimum absolute atomic E-state index is 0.0854. The molecule has 0 atom stereocenters. The van der Waals surface area contributed by atoms with Crippen LogP contribution in [0.25, 0.3) is 0 Å². The Bertz CT molecular complexity index is 927. The molecular formula is C17H15N5O3S. The molecule has 0 aliphatic rings. The second-order valence-electron chi connectivity index (χ2n) is 5.22. The summed E-state index contributed by atoms with van der Waals surface area (Å²) in [6.07, 6.45) is -1.17. The van der Waals surface area contributed by atoms with E-state index in [-0.39, 0.29) is 12.4 Å². The monoisotopic (exact) mass is 369 g/mol. The molecule has 0 fully saturated rings. The van der Waals surface area contributed by atoms with Crippen LogP contribution < -0.4 is 5.32 Å². The van der Waals surface area contributed by atoms with Crippen LogP contribution in [0.4, 0.5) is 10.6 Å². The Morgan fingerprint density at radius 3 is 2.69 bits per heavy atom. The maximum atomic E-state index is 10.7. The van der Waals surface area contributed by atoms with Crippen molar-refractivity contribution < 1.29 is 14.7 Å². The zero-order valence-electron chi connectivity index (χ0n) is 13.8. The lowest BCUT2D eigenvalue weighted by Crippen LogP contribution is -2.10. The third-order valence-corrected chi connectivity index (χ3v) is 3.95. The summed E-state index contributed by atoms with van der Waals surface area (Å²) in [5, 5.41) is 15.2. The number of carboxylic acid groups (broad SMARTS) is 1. The molecule has 0 aliphatic heterocycles. The van der Waals surface area contributed by atoms with Crippen molar-refractivity contribution >= 4 is 29.4 Å². The highest BCUT2D eigenvalue weighted by Gasteiger charge is 2.14. The van der Waals surface area contributed by atoms with Gasteiger partial charge in [-0.25, -0.2) is 9.78 Å². The summed E-state index contributed by atoms with van der Waals surface area (Å²) < 4.78 is 8.48. The maximum absolute atomic E-state index is 10.7. The first-order chi connectivity index (χ1) is 12.6. The van der Waals surface area contributed by atoms with Gasteiger partial charge in [0.1, 0.15) is 17.2 Å². The number of hydrogen-bond donors (Lipinski definition) is 2. The summed E-state index contributed by atoms with van der Waals surface area (Å²) in [5.74, 6) is 0.227. The molecule has 3 rings (SSSR count). The fourth-order valence-corrected chi connectivity index (χ4v) is 2.73. The summed E-state index contributed by atoms with van der Waals surface area (Å²) in [6.45, 7) is 1.95. The third-order valence-electron chi connectivity index (χ3n) is 3.33. The van der Waals surface area contributed by atoms with Gasteiger partial charge in [-0.2, -0.15) is 8.75 Å². The molecule has 0 spiro atoms. The molecule has 3 aromatic rings. The van der Waals surface area contributed by atoms with E-state index in [0.29, 0.717) is 17.1 Å². The number of hydrogen-bond acceptors (Lipinski definition) is 7. The number of nitrogens with zero attached hydrogens (tertiary/aromatic N) is 4. The summed E-state index contributed by atoms with van der Waals surface area (Å²) in [5.41, 5.74) is 3.41. The van der Waals surface area contributed by atoms with Crippen LogP contribution in [-0.2, 0) is 11.4 Å². The predicted octanol–water partition coefficient (Wildman–Crippen LogP) is 3.30. The van der Waals surface area contributed by atoms with Gasteiger partial charge in [0.15, 0.2) is 6.61 Å². The largest absolute Gasteiger partial charge is 0.465 e. The van der Waals surface area contributed by atoms with Crippen LogP contribution in [0.15, 0.2) is 53.7 Å². The zero-order valence-corrected chi connectivity index (χ0v) is 14.6. The van der Waals surface area contributed by atoms with Crippen LogP contribution in [0.1, 0.15) is 22.6 Å². The van der Waals surface area contributed by atoms with Crippen molar-refractivity contribution in [2.75, 3.05) is 5.32 Å². The molecule has 0 saturated heterocycles. The van der Waals surface area contributed by atoms with Gasteiger partial charge in [-0.05, 0) is 19.1 Å². The third kappa shape index (κ3) is 4.39. The second-order valence-corrected chi connectivity index (χ2v) is 5.75. The molecule has 2 N–H and O–H groups in total. The highest BCUT2D eigenvalue weighted by atomic mass is 32.1. The van der Waals surface area contributed by atoms with Gasteiger partial charge in [0, 0.05) is 5.56 Å². The Morgan fingerprint density at radius 2 is 2.00 bits per heavy atom. The summed E-state index contributed by atoms with van der Waals surface area (Å²) >= 11 is 1.11. The lowest BCUT2D eigenvalue weighted by Gasteiger charge is -2.06. The van der Waals surface area contributed by atoms with Crippen LogP contribution in [0.5, 0.6) is 0 Å². The van der Waals surface area contributed by atoms with Crippen LogP contribution in [0.2, 0.25) is 0 Å². The van der Waals surface area contributed by atoms with Gasteiger partial charge in [-0.1, -0.05) is 41.6 Å². The number of pyridine rings is 1. The first-order valence-corrected chi connectivity index (χ1v) is 8.37. The van der Waals surface area contributed by atoms with Crippen molar-refractivity contribution in [2.24, 2.45) is 5.16 Å². The predicted molar refractivity (Wildman–Crippen MR) is 97.4 cm³/mol. The maximum Gasteiger partial charge on any atom is 0.410 e. The van der Waals surface area contributed by atoms with Gasteiger partial charge >= 0.3 is 6.09 Å². The number of nitrogens with one attached hydrogen (secondary N) is 1. The standard InChI is InChI=1S/C17H15N5O3S/c1-11-15(22-26-21-11)16(12-6-3-2-4-7-12)20-25-10-13-8-5-9-14(18-13)19-17(23)24/h2-9H,10H2,1H3,(H,18,19)(H,23,24). The Balaban J connectivity index is 1.80. The number of amides is 1. The normalized spacial score (nSPS) is 11.2. The van der Waals surface area contributed by atoms with Crippen molar-refractivity contribution in [3.05, 3.63) is 71.2 Å². The lowest BCUT2D eigenvalue weighted by molar-refractivity contribution is 0.128. The van der Waals surface area contributed by atoms with Gasteiger partial charge in [0.25, 0.3) is 0 Å². The summed E-state index contributed by atoms with van der Waals surface area (Å²) in [7, 11) is 0. The van der Waals surface area contributed by atoms with Crippen molar-refractivity contribution in [3.8, 4) is 0 Å². The number of benzene rings is 1. The average molecular weight is 369 g/mol. The molecule has 1 aromatic carbocycles. The SMILES string of the molecule is Cc1nsnc1C(=NOCc1cccc(NC(=O)O)n1)c1ccccc1. The van der Waals surface area contributed by atoms with Gasteiger partial charge in [-0.15, -0.1) is 0 Å². The fourth-order valence-electron chi connectivity index (χ4n) is 2.18. The topological polar surface area (TPSA) is 110 Å². The number of oxime groups is 1. The van der Waals surface area contributed by atoms with Crippen LogP contribution in [0.3, 0.4) is 0 Å². The van der Waals surface area contributed by atoms with E-state index in [0.717, 1.165) is 23.0 Å². The van der Waals surface area contributed by atoms with Gasteiger partial charge in [0.2, 0.25) is 0 Å². The lowest BCUT2D eigenvalue weighted by atomic mass is 10.1. The highest BCUT2D eigenvalue weighted by Crippen LogP contribution is 2.14. The Labute approximate surface area is 153 Å². The van der Waals surface area contributed by atoms with E-state index >= 15 is 0 Å². The molecule has 132 valence electrons. The number of aromatic nitrogens is 3. The smallest absolute Gasteiger partial charge is 0.410 e. The number of anilines is 1. The van der Waals surface area contributed by atoms with E-state index in [1.807, 2.05) is 37.3 Å². The number of aryl methyl sites for hydroxylation is 1. The van der Waals surface area contributed by atoms with E-state index in [9.17, 15) is 4.79 Å². The molecule has 26 heavy (non-hydrogen) atoms. The number of rotatable bonds is 6. The summed E-state index contributed by atoms with van der Waals surface area (Å²) in [6, 6.07) is 14.5. The number of carbonyl (C=O) groups is 1. The van der Waals surface area contributed by atoms with Crippen LogP contribution in [0, 0.1) is 6.92 Å². The average Bonchev–Trinajstić information content (AvgIpc) is 3.05. The molecule has 0 bridgehead atoms. The van der Waals surface area contributed by atoms with E-state index in [2.05, 4.69) is 24.2 Å². The van der Waals surface area contributed by atoms with Crippen molar-refractivity contribution in [1.29, 1.82) is 0 Å². The molecule has 2 aromatic heterocycles. The van der Waals surface area contributed by atoms with Crippen LogP contribution >= 0.6 is 11.7 Å². The summed E-state index contributed by atoms with van der Waals surface area (Å²) in [4.78, 5) is 20.3. The van der Waals surface area contributed by atoms with E-state index in [1.54, 1.807) is 18.2 Å². The van der Waals surface area contributed by atoms with Crippen LogP contribution in [-0.4, -0.2) is 30.6 Å². The molecule has 2 heterocycles. The molecule has 0 aliphatic carbocycles. The second kappa shape index (κ2) is 8.17. The van der Waals surface area contributed by atoms with E-state index < -0.39 is 6.09 Å². The minimum Gasteiger partial charge on any atom is -0.465 e. The quantitative estimate of drug-likeness (QED) is 0.510. The first-order valence-electron chi connectivity index (χ1n) is 7.64. The highest BCUT2D eigenvalue weighted by molar-refractivity contribution is 6.99. The molecule has 8 nitrogen and oxygen atoms in total. The van der Waals surface area contributed by atoms with Crippen molar-refractivity contribution in [3.63, 3.8) is 0 Å². The molecule has 0 unspecified atom stereocenters. The van der Waals surface area contributed by atoms with Crippen molar-refractivity contribution in [2.45, 2.75) is 13.5 Å². The molecule has 0 radical (unpaired) electrons. The van der Waals surface area contributed by atoms with E-state index in [1.165, 1.54) is 0 Å². The Kier molecular flexibility index (Phi) is 5.49. The fraction of sp³-hybridized carbons (Fsp3) is 0.118. The minimum atomic E-state index is -1.17. The molecule has 0 saturated carbocycles.